The highest BCUT2D eigenvalue weighted by molar-refractivity contribution is 7.86. The van der Waals surface area contributed by atoms with Gasteiger partial charge in [-0.1, -0.05) is 0 Å². The van der Waals surface area contributed by atoms with E-state index in [1.54, 1.807) is 13.8 Å². The van der Waals surface area contributed by atoms with Crippen molar-refractivity contribution in [3.8, 4) is 6.07 Å². The fourth-order valence-corrected chi connectivity index (χ4v) is 4.21. The molecule has 1 unspecified atom stereocenters. The molecule has 1 aliphatic heterocycles. The molecule has 0 aromatic rings. The zero-order valence-corrected chi connectivity index (χ0v) is 12.8. The second kappa shape index (κ2) is 6.52. The van der Waals surface area contributed by atoms with Gasteiger partial charge in [0.05, 0.1) is 18.4 Å². The minimum Gasteiger partial charge on any atom is -0.481 e. The van der Waals surface area contributed by atoms with Gasteiger partial charge >= 0.3 is 5.97 Å². The third-order valence-corrected chi connectivity index (χ3v) is 6.11. The van der Waals surface area contributed by atoms with Gasteiger partial charge in [0.25, 0.3) is 10.2 Å². The Morgan fingerprint density at radius 3 is 2.70 bits per heavy atom. The van der Waals surface area contributed by atoms with Gasteiger partial charge in [0.1, 0.15) is 0 Å². The Hall–Kier alpha value is -1.17. The fraction of sp³-hybridized carbons (Fsp3) is 0.833. The molecule has 114 valence electrons. The summed E-state index contributed by atoms with van der Waals surface area (Å²) in [6, 6.07) is 0.920. The first-order chi connectivity index (χ1) is 9.23. The Bertz CT molecular complexity index is 499. The van der Waals surface area contributed by atoms with Crippen LogP contribution >= 0.6 is 0 Å². The number of aliphatic carboxylic acids is 1. The van der Waals surface area contributed by atoms with Crippen molar-refractivity contribution in [3.63, 3.8) is 0 Å². The van der Waals surface area contributed by atoms with E-state index in [0.29, 0.717) is 19.4 Å². The number of hydrogen-bond donors (Lipinski definition) is 1. The number of piperidine rings is 1. The van der Waals surface area contributed by atoms with Crippen LogP contribution in [-0.2, 0) is 15.0 Å². The van der Waals surface area contributed by atoms with Crippen LogP contribution in [0.15, 0.2) is 0 Å². The van der Waals surface area contributed by atoms with Gasteiger partial charge in [0.15, 0.2) is 0 Å². The topological polar surface area (TPSA) is 102 Å². The van der Waals surface area contributed by atoms with Crippen molar-refractivity contribution in [1.82, 2.24) is 8.61 Å². The molecule has 0 radical (unpaired) electrons. The third kappa shape index (κ3) is 3.29. The van der Waals surface area contributed by atoms with Gasteiger partial charge in [-0.25, -0.2) is 0 Å². The molecule has 1 aliphatic rings. The summed E-state index contributed by atoms with van der Waals surface area (Å²) in [5.41, 5.74) is 0. The zero-order valence-electron chi connectivity index (χ0n) is 12.0. The maximum absolute atomic E-state index is 12.5. The lowest BCUT2D eigenvalue weighted by Crippen LogP contribution is -2.54. The van der Waals surface area contributed by atoms with Crippen LogP contribution in [0.5, 0.6) is 0 Å². The fourth-order valence-electron chi connectivity index (χ4n) is 2.42. The van der Waals surface area contributed by atoms with Gasteiger partial charge in [-0.3, -0.25) is 4.79 Å². The Balaban J connectivity index is 2.97. The summed E-state index contributed by atoms with van der Waals surface area (Å²) in [7, 11) is -2.32. The molecule has 0 saturated carbocycles. The van der Waals surface area contributed by atoms with Crippen LogP contribution in [0.1, 0.15) is 33.1 Å². The third-order valence-electron chi connectivity index (χ3n) is 3.92. The van der Waals surface area contributed by atoms with E-state index in [1.807, 2.05) is 6.07 Å². The summed E-state index contributed by atoms with van der Waals surface area (Å²) < 4.78 is 27.4. The summed E-state index contributed by atoms with van der Waals surface area (Å²) >= 11 is 0. The molecule has 1 N–H and O–H groups in total. The van der Waals surface area contributed by atoms with E-state index in [-0.39, 0.29) is 6.42 Å². The number of nitrogens with zero attached hydrogens (tertiary/aromatic N) is 3. The predicted molar refractivity (Wildman–Crippen MR) is 72.9 cm³/mol. The highest BCUT2D eigenvalue weighted by Crippen LogP contribution is 2.28. The molecular formula is C12H21N3O4S. The maximum atomic E-state index is 12.5. The molecule has 7 nitrogen and oxygen atoms in total. The Kier molecular flexibility index (Phi) is 5.50. The van der Waals surface area contributed by atoms with E-state index in [4.69, 9.17) is 10.4 Å². The Labute approximate surface area is 120 Å². The van der Waals surface area contributed by atoms with Crippen LogP contribution in [0.4, 0.5) is 0 Å². The summed E-state index contributed by atoms with van der Waals surface area (Å²) in [4.78, 5) is 11.2. The normalized spacial score (nSPS) is 26.1. The molecule has 1 fully saturated rings. The van der Waals surface area contributed by atoms with Crippen molar-refractivity contribution in [3.05, 3.63) is 0 Å². The van der Waals surface area contributed by atoms with Crippen LogP contribution in [0.2, 0.25) is 0 Å². The highest BCUT2D eigenvalue weighted by atomic mass is 32.2. The van der Waals surface area contributed by atoms with Crippen LogP contribution in [-0.4, -0.2) is 53.8 Å². The molecule has 1 rings (SSSR count). The second-order valence-corrected chi connectivity index (χ2v) is 7.11. The molecule has 8 heteroatoms. The molecule has 1 heterocycles. The number of nitriles is 1. The highest BCUT2D eigenvalue weighted by Gasteiger charge is 2.41. The number of hydrogen-bond acceptors (Lipinski definition) is 4. The first-order valence-corrected chi connectivity index (χ1v) is 7.97. The van der Waals surface area contributed by atoms with Crippen molar-refractivity contribution in [2.75, 3.05) is 13.6 Å². The van der Waals surface area contributed by atoms with E-state index in [0.717, 1.165) is 4.31 Å². The molecule has 0 bridgehead atoms. The molecular weight excluding hydrogens is 282 g/mol. The molecule has 3 atom stereocenters. The van der Waals surface area contributed by atoms with Gasteiger partial charge in [0.2, 0.25) is 0 Å². The number of rotatable bonds is 5. The minimum atomic E-state index is -3.75. The molecule has 1 saturated heterocycles. The number of carboxylic acid groups (broad SMARTS) is 1. The van der Waals surface area contributed by atoms with Crippen LogP contribution in [0, 0.1) is 17.2 Å². The van der Waals surface area contributed by atoms with Gasteiger partial charge < -0.3 is 5.11 Å². The van der Waals surface area contributed by atoms with E-state index in [2.05, 4.69) is 0 Å². The van der Waals surface area contributed by atoms with Crippen molar-refractivity contribution < 1.29 is 18.3 Å². The molecule has 0 spiro atoms. The van der Waals surface area contributed by atoms with Crippen molar-refractivity contribution in [2.45, 2.75) is 45.2 Å². The lowest BCUT2D eigenvalue weighted by molar-refractivity contribution is -0.144. The smallest absolute Gasteiger partial charge is 0.308 e. The summed E-state index contributed by atoms with van der Waals surface area (Å²) in [5.74, 6) is -1.65. The van der Waals surface area contributed by atoms with Crippen molar-refractivity contribution in [1.29, 1.82) is 5.26 Å². The number of carbonyl (C=O) groups is 1. The SMILES string of the molecule is CC(CC#N)N(C)S(=O)(=O)N1CCC[C@H](C(=O)O)[C@@H]1C. The second-order valence-electron chi connectivity index (χ2n) is 5.17. The molecule has 0 aromatic carbocycles. The quantitative estimate of drug-likeness (QED) is 0.803. The summed E-state index contributed by atoms with van der Waals surface area (Å²) in [5, 5.41) is 17.8. The first-order valence-electron chi connectivity index (χ1n) is 6.58. The zero-order chi connectivity index (χ0) is 15.5. The molecule has 0 aromatic heterocycles. The van der Waals surface area contributed by atoms with Crippen LogP contribution < -0.4 is 0 Å². The minimum absolute atomic E-state index is 0.0975. The van der Waals surface area contributed by atoms with Gasteiger partial charge in [-0.2, -0.15) is 22.3 Å². The number of carboxylic acids is 1. The summed E-state index contributed by atoms with van der Waals surface area (Å²) in [6.45, 7) is 3.60. The van der Waals surface area contributed by atoms with Crippen LogP contribution in [0.25, 0.3) is 0 Å². The molecule has 0 amide bonds. The van der Waals surface area contributed by atoms with E-state index < -0.39 is 34.2 Å². The van der Waals surface area contributed by atoms with E-state index >= 15 is 0 Å². The lowest BCUT2D eigenvalue weighted by Gasteiger charge is -2.39. The van der Waals surface area contributed by atoms with Crippen LogP contribution in [0.3, 0.4) is 0 Å². The lowest BCUT2D eigenvalue weighted by atomic mass is 9.92. The van der Waals surface area contributed by atoms with Gasteiger partial charge in [-0.05, 0) is 26.7 Å². The Morgan fingerprint density at radius 1 is 1.60 bits per heavy atom. The Morgan fingerprint density at radius 2 is 2.20 bits per heavy atom. The van der Waals surface area contributed by atoms with Gasteiger partial charge in [-0.15, -0.1) is 0 Å². The standard InChI is InChI=1S/C12H21N3O4S/c1-9(6-7-13)14(3)20(18,19)15-8-4-5-11(10(15)2)12(16)17/h9-11H,4-6,8H2,1-3H3,(H,16,17)/t9?,10-,11-/m0/s1. The van der Waals surface area contributed by atoms with E-state index in [9.17, 15) is 13.2 Å². The van der Waals surface area contributed by atoms with Gasteiger partial charge in [0, 0.05) is 25.7 Å². The average Bonchev–Trinajstić information content (AvgIpc) is 2.37. The maximum Gasteiger partial charge on any atom is 0.308 e. The summed E-state index contributed by atoms with van der Waals surface area (Å²) in [6.07, 6.45) is 1.11. The monoisotopic (exact) mass is 303 g/mol. The first kappa shape index (κ1) is 16.9. The molecule has 0 aliphatic carbocycles. The van der Waals surface area contributed by atoms with Crippen molar-refractivity contribution in [2.24, 2.45) is 5.92 Å². The van der Waals surface area contributed by atoms with E-state index in [1.165, 1.54) is 11.4 Å². The average molecular weight is 303 g/mol. The predicted octanol–water partition coefficient (Wildman–Crippen LogP) is 0.650. The van der Waals surface area contributed by atoms with Crippen molar-refractivity contribution >= 4 is 16.2 Å². The molecule has 20 heavy (non-hydrogen) atoms. The largest absolute Gasteiger partial charge is 0.481 e.